The van der Waals surface area contributed by atoms with E-state index < -0.39 is 29.7 Å². The maximum atomic E-state index is 11.7. The molecule has 0 aliphatic carbocycles. The maximum absolute atomic E-state index is 11.7. The number of nitrogens with one attached hydrogen (secondary N) is 1. The first-order valence-corrected chi connectivity index (χ1v) is 6.64. The predicted molar refractivity (Wildman–Crippen MR) is 74.1 cm³/mol. The molecule has 1 saturated heterocycles. The number of aliphatic hydroxyl groups excluding tert-OH is 2. The molecule has 0 spiro atoms. The van der Waals surface area contributed by atoms with Crippen LogP contribution in [-0.2, 0) is 4.74 Å². The second kappa shape index (κ2) is 5.46. The van der Waals surface area contributed by atoms with Crippen LogP contribution in [0.15, 0.2) is 15.8 Å². The van der Waals surface area contributed by atoms with Gasteiger partial charge in [-0.15, -0.1) is 6.42 Å². The van der Waals surface area contributed by atoms with E-state index in [-0.39, 0.29) is 16.1 Å². The Morgan fingerprint density at radius 3 is 2.79 bits per heavy atom. The molecule has 4 atom stereocenters. The highest BCUT2D eigenvalue weighted by Gasteiger charge is 2.43. The van der Waals surface area contributed by atoms with Crippen LogP contribution in [0.4, 0.5) is 0 Å². The van der Waals surface area contributed by atoms with E-state index in [0.29, 0.717) is 0 Å². The Labute approximate surface area is 121 Å². The second-order valence-corrected chi connectivity index (χ2v) is 5.47. The number of hydrogen-bond donors (Lipinski definition) is 3. The van der Waals surface area contributed by atoms with Gasteiger partial charge in [0.05, 0.1) is 16.6 Å². The summed E-state index contributed by atoms with van der Waals surface area (Å²) in [6.45, 7) is -0.277. The van der Waals surface area contributed by atoms with Crippen molar-refractivity contribution in [1.29, 1.82) is 0 Å². The highest BCUT2D eigenvalue weighted by Crippen LogP contribution is 2.33. The molecule has 1 aliphatic heterocycles. The smallest absolute Gasteiger partial charge is 0.330 e. The number of hydrogen-bond acceptors (Lipinski definition) is 5. The molecule has 1 aliphatic rings. The first-order valence-electron chi connectivity index (χ1n) is 5.40. The Hall–Kier alpha value is -1.15. The molecule has 1 unspecified atom stereocenters. The molecular weight excluding hydrogens is 367 g/mol. The van der Waals surface area contributed by atoms with Crippen molar-refractivity contribution in [3.05, 3.63) is 32.6 Å². The zero-order chi connectivity index (χ0) is 14.2. The van der Waals surface area contributed by atoms with E-state index in [1.54, 1.807) is 0 Å². The number of aromatic amines is 1. The van der Waals surface area contributed by atoms with Crippen molar-refractivity contribution >= 4 is 22.6 Å². The molecule has 7 nitrogen and oxygen atoms in total. The Bertz CT molecular complexity index is 631. The van der Waals surface area contributed by atoms with Gasteiger partial charge in [0, 0.05) is 6.20 Å². The van der Waals surface area contributed by atoms with Gasteiger partial charge in [0.1, 0.15) is 11.7 Å². The van der Waals surface area contributed by atoms with Crippen LogP contribution < -0.4 is 11.2 Å². The highest BCUT2D eigenvalue weighted by molar-refractivity contribution is 14.1. The minimum atomic E-state index is -0.994. The molecule has 19 heavy (non-hydrogen) atoms. The molecule has 0 saturated carbocycles. The average molecular weight is 378 g/mol. The topological polar surface area (TPSA) is 105 Å². The summed E-state index contributed by atoms with van der Waals surface area (Å²) in [7, 11) is 0. The molecule has 0 amide bonds. The Morgan fingerprint density at radius 2 is 2.26 bits per heavy atom. The van der Waals surface area contributed by atoms with Crippen molar-refractivity contribution in [2.75, 3.05) is 6.61 Å². The van der Waals surface area contributed by atoms with Gasteiger partial charge in [-0.2, -0.15) is 0 Å². The maximum Gasteiger partial charge on any atom is 0.330 e. The molecule has 1 aromatic heterocycles. The number of halogens is 1. The van der Waals surface area contributed by atoms with Gasteiger partial charge in [-0.05, 0) is 0 Å². The molecule has 8 heteroatoms. The number of terminal acetylenes is 1. The number of rotatable bonds is 2. The lowest BCUT2D eigenvalue weighted by molar-refractivity contribution is -0.0530. The van der Waals surface area contributed by atoms with E-state index in [1.807, 2.05) is 22.6 Å². The summed E-state index contributed by atoms with van der Waals surface area (Å²) in [4.78, 5) is 25.1. The fourth-order valence-corrected chi connectivity index (χ4v) is 2.61. The van der Waals surface area contributed by atoms with Crippen LogP contribution in [0, 0.1) is 12.3 Å². The summed E-state index contributed by atoms with van der Waals surface area (Å²) in [6.07, 6.45) is 3.75. The lowest BCUT2D eigenvalue weighted by Crippen LogP contribution is -2.37. The molecule has 1 fully saturated rings. The largest absolute Gasteiger partial charge is 0.394 e. The van der Waals surface area contributed by atoms with Crippen molar-refractivity contribution in [2.24, 2.45) is 0 Å². The van der Waals surface area contributed by atoms with Crippen LogP contribution in [0.2, 0.25) is 0 Å². The van der Waals surface area contributed by atoms with Crippen molar-refractivity contribution < 1.29 is 14.9 Å². The molecule has 2 heterocycles. The number of aliphatic hydroxyl groups is 2. The lowest BCUT2D eigenvalue weighted by Gasteiger charge is -2.17. The molecule has 1 aromatic rings. The van der Waals surface area contributed by atoms with Crippen molar-refractivity contribution in [1.82, 2.24) is 9.55 Å². The van der Waals surface area contributed by atoms with Gasteiger partial charge >= 0.3 is 5.69 Å². The van der Waals surface area contributed by atoms with E-state index in [4.69, 9.17) is 16.3 Å². The van der Waals surface area contributed by atoms with E-state index in [0.717, 1.165) is 10.8 Å². The Balaban J connectivity index is 2.46. The van der Waals surface area contributed by atoms with Crippen molar-refractivity contribution in [3.8, 4) is 12.3 Å². The van der Waals surface area contributed by atoms with Gasteiger partial charge in [0.25, 0.3) is 5.56 Å². The number of ether oxygens (including phenoxy) is 1. The minimum absolute atomic E-state index is 0.0344. The van der Waals surface area contributed by atoms with E-state index >= 15 is 0 Å². The van der Waals surface area contributed by atoms with Crippen LogP contribution in [0.5, 0.6) is 0 Å². The molecule has 2 rings (SSSR count). The first kappa shape index (κ1) is 14.3. The molecular formula is C11H11IN2O5. The number of alkyl halides is 1. The van der Waals surface area contributed by atoms with E-state index in [2.05, 4.69) is 10.9 Å². The summed E-state index contributed by atoms with van der Waals surface area (Å²) in [5, 5.41) is 19.1. The first-order chi connectivity index (χ1) is 8.99. The summed E-state index contributed by atoms with van der Waals surface area (Å²) in [5.41, 5.74) is -1.43. The standard InChI is InChI=1S/C11H11IN2O5/c1-2-5-3-14(11(18)13-9(5)17)10-8(16)7(12)6(4-15)19-10/h1,3,6-8,10,15-16H,4H2,(H,13,17,18)/t6-,7?,8-,10-/m1/s1. The third kappa shape index (κ3) is 2.46. The van der Waals surface area contributed by atoms with Gasteiger partial charge in [-0.1, -0.05) is 28.5 Å². The monoisotopic (exact) mass is 378 g/mol. The minimum Gasteiger partial charge on any atom is -0.394 e. The summed E-state index contributed by atoms with van der Waals surface area (Å²) in [5.74, 6) is 2.15. The van der Waals surface area contributed by atoms with Crippen LogP contribution in [0.25, 0.3) is 0 Å². The fraction of sp³-hybridized carbons (Fsp3) is 0.455. The third-order valence-corrected chi connectivity index (χ3v) is 4.40. The van der Waals surface area contributed by atoms with Gasteiger partial charge < -0.3 is 14.9 Å². The SMILES string of the molecule is C#Cc1cn([C@@H]2O[C@H](CO)C(I)[C@H]2O)c(=O)[nH]c1=O. The van der Waals surface area contributed by atoms with Gasteiger partial charge in [-0.3, -0.25) is 14.3 Å². The molecule has 102 valence electrons. The van der Waals surface area contributed by atoms with E-state index in [1.165, 1.54) is 0 Å². The van der Waals surface area contributed by atoms with Crippen LogP contribution in [-0.4, -0.2) is 42.5 Å². The number of aromatic nitrogens is 2. The highest BCUT2D eigenvalue weighted by atomic mass is 127. The molecule has 3 N–H and O–H groups in total. The number of nitrogens with zero attached hydrogens (tertiary/aromatic N) is 1. The average Bonchev–Trinajstić information content (AvgIpc) is 2.67. The zero-order valence-corrected chi connectivity index (χ0v) is 11.8. The quantitative estimate of drug-likeness (QED) is 0.333. The lowest BCUT2D eigenvalue weighted by atomic mass is 10.2. The molecule has 0 bridgehead atoms. The Kier molecular flexibility index (Phi) is 4.10. The molecule has 0 aromatic carbocycles. The predicted octanol–water partition coefficient (Wildman–Crippen LogP) is -1.43. The Morgan fingerprint density at radius 1 is 1.58 bits per heavy atom. The van der Waals surface area contributed by atoms with Crippen molar-refractivity contribution in [3.63, 3.8) is 0 Å². The number of H-pyrrole nitrogens is 1. The van der Waals surface area contributed by atoms with Gasteiger partial charge in [-0.25, -0.2) is 4.79 Å². The summed E-state index contributed by atoms with van der Waals surface area (Å²) >= 11 is 1.94. The van der Waals surface area contributed by atoms with Crippen LogP contribution in [0.1, 0.15) is 11.8 Å². The summed E-state index contributed by atoms with van der Waals surface area (Å²) < 4.78 is 6.06. The molecule has 0 radical (unpaired) electrons. The van der Waals surface area contributed by atoms with E-state index in [9.17, 15) is 14.7 Å². The van der Waals surface area contributed by atoms with Crippen LogP contribution in [0.3, 0.4) is 0 Å². The van der Waals surface area contributed by atoms with Crippen LogP contribution >= 0.6 is 22.6 Å². The second-order valence-electron chi connectivity index (χ2n) is 4.04. The van der Waals surface area contributed by atoms with Crippen molar-refractivity contribution in [2.45, 2.75) is 22.4 Å². The van der Waals surface area contributed by atoms with Gasteiger partial charge in [0.15, 0.2) is 6.23 Å². The summed E-state index contributed by atoms with van der Waals surface area (Å²) in [6, 6.07) is 0. The van der Waals surface area contributed by atoms with Gasteiger partial charge in [0.2, 0.25) is 0 Å². The normalized spacial score (nSPS) is 30.2. The zero-order valence-electron chi connectivity index (χ0n) is 9.62. The third-order valence-electron chi connectivity index (χ3n) is 2.87. The fourth-order valence-electron chi connectivity index (χ4n) is 1.86.